The molecule has 1 aromatic carbocycles. The Labute approximate surface area is 132 Å². The summed E-state index contributed by atoms with van der Waals surface area (Å²) in [6.07, 6.45) is 5.52. The number of benzene rings is 1. The largest absolute Gasteiger partial charge is 0.146 e. The Morgan fingerprint density at radius 2 is 1.33 bits per heavy atom. The van der Waals surface area contributed by atoms with Gasteiger partial charge < -0.3 is 0 Å². The molecular formula is C20H28Si. The van der Waals surface area contributed by atoms with Crippen molar-refractivity contribution in [3.05, 3.63) is 34.9 Å². The molecule has 1 aromatic rings. The predicted octanol–water partition coefficient (Wildman–Crippen LogP) is 5.55. The van der Waals surface area contributed by atoms with E-state index in [1.165, 1.54) is 5.56 Å². The molecule has 0 saturated carbocycles. The van der Waals surface area contributed by atoms with E-state index in [0.717, 1.165) is 11.1 Å². The molecule has 0 radical (unpaired) electrons. The van der Waals surface area contributed by atoms with Gasteiger partial charge in [-0.3, -0.25) is 0 Å². The van der Waals surface area contributed by atoms with Crippen molar-refractivity contribution in [3.63, 3.8) is 0 Å². The van der Waals surface area contributed by atoms with Crippen molar-refractivity contribution in [2.75, 3.05) is 0 Å². The van der Waals surface area contributed by atoms with E-state index in [1.807, 2.05) is 12.1 Å². The van der Waals surface area contributed by atoms with Gasteiger partial charge in [0.2, 0.25) is 0 Å². The zero-order chi connectivity index (χ0) is 16.2. The third kappa shape index (κ3) is 3.81. The molecule has 0 aromatic heterocycles. The molecule has 0 nitrogen and oxygen atoms in total. The minimum Gasteiger partial charge on any atom is -0.125 e. The van der Waals surface area contributed by atoms with Gasteiger partial charge in [-0.25, -0.2) is 0 Å². The van der Waals surface area contributed by atoms with E-state index in [-0.39, 0.29) is 0 Å². The molecule has 0 saturated heterocycles. The number of hydrogen-bond acceptors (Lipinski definition) is 0. The van der Waals surface area contributed by atoms with Gasteiger partial charge in [0.1, 0.15) is 8.07 Å². The molecule has 0 aliphatic carbocycles. The Morgan fingerprint density at radius 1 is 0.857 bits per heavy atom. The van der Waals surface area contributed by atoms with Crippen molar-refractivity contribution < 1.29 is 0 Å². The molecular weight excluding hydrogens is 268 g/mol. The summed E-state index contributed by atoms with van der Waals surface area (Å²) in [6.45, 7) is 16.1. The molecule has 0 atom stereocenters. The van der Waals surface area contributed by atoms with Crippen LogP contribution in [0.5, 0.6) is 0 Å². The Kier molecular flexibility index (Phi) is 5.88. The SMILES string of the molecule is C#Cc1cc(C)cc(C#C[Si](C(C)C)(C(C)C)C(C)C)c1. The molecule has 1 heteroatoms. The standard InChI is InChI=1S/C20H28Si/c1-9-19-12-18(8)13-20(14-19)10-11-21(15(2)3,16(4)5)17(6)7/h1,12-17H,2-8H3. The second-order valence-electron chi connectivity index (χ2n) is 6.88. The molecule has 0 aliphatic rings. The van der Waals surface area contributed by atoms with E-state index >= 15 is 0 Å². The Morgan fingerprint density at radius 3 is 1.76 bits per heavy atom. The minimum atomic E-state index is -1.67. The average molecular weight is 297 g/mol. The Hall–Kier alpha value is -1.44. The van der Waals surface area contributed by atoms with E-state index in [9.17, 15) is 0 Å². The van der Waals surface area contributed by atoms with Crippen LogP contribution in [0.3, 0.4) is 0 Å². The van der Waals surface area contributed by atoms with E-state index in [0.29, 0.717) is 16.6 Å². The summed E-state index contributed by atoms with van der Waals surface area (Å²) in [7, 11) is -1.67. The summed E-state index contributed by atoms with van der Waals surface area (Å²) in [6, 6.07) is 6.19. The maximum absolute atomic E-state index is 5.52. The van der Waals surface area contributed by atoms with Crippen molar-refractivity contribution in [3.8, 4) is 23.8 Å². The van der Waals surface area contributed by atoms with Crippen molar-refractivity contribution in [1.82, 2.24) is 0 Å². The van der Waals surface area contributed by atoms with Gasteiger partial charge in [0, 0.05) is 11.1 Å². The van der Waals surface area contributed by atoms with Crippen molar-refractivity contribution in [1.29, 1.82) is 0 Å². The monoisotopic (exact) mass is 296 g/mol. The van der Waals surface area contributed by atoms with Crippen LogP contribution in [0.1, 0.15) is 58.2 Å². The van der Waals surface area contributed by atoms with Gasteiger partial charge in [-0.15, -0.1) is 12.0 Å². The zero-order valence-electron chi connectivity index (χ0n) is 14.5. The first kappa shape index (κ1) is 17.6. The zero-order valence-corrected chi connectivity index (χ0v) is 15.5. The Bertz CT molecular complexity index is 567. The van der Waals surface area contributed by atoms with Crippen LogP contribution < -0.4 is 0 Å². The molecule has 0 heterocycles. The third-order valence-corrected chi connectivity index (χ3v) is 10.8. The lowest BCUT2D eigenvalue weighted by molar-refractivity contribution is 0.838. The molecule has 21 heavy (non-hydrogen) atoms. The van der Waals surface area contributed by atoms with E-state index < -0.39 is 8.07 Å². The summed E-state index contributed by atoms with van der Waals surface area (Å²) in [5.41, 5.74) is 8.87. The summed E-state index contributed by atoms with van der Waals surface area (Å²) in [5, 5.41) is 0. The van der Waals surface area contributed by atoms with E-state index in [1.54, 1.807) is 0 Å². The van der Waals surface area contributed by atoms with Crippen LogP contribution >= 0.6 is 0 Å². The molecule has 0 fully saturated rings. The molecule has 1 rings (SSSR count). The fourth-order valence-corrected chi connectivity index (χ4v) is 8.78. The summed E-state index contributed by atoms with van der Waals surface area (Å²) in [4.78, 5) is 0. The maximum Gasteiger partial charge on any atom is 0.146 e. The third-order valence-electron chi connectivity index (χ3n) is 4.53. The van der Waals surface area contributed by atoms with Crippen molar-refractivity contribution >= 4 is 8.07 Å². The quantitative estimate of drug-likeness (QED) is 0.507. The molecule has 0 aliphatic heterocycles. The maximum atomic E-state index is 5.52. The second-order valence-corrected chi connectivity index (χ2v) is 12.5. The van der Waals surface area contributed by atoms with Crippen LogP contribution in [0.15, 0.2) is 18.2 Å². The highest BCUT2D eigenvalue weighted by Gasteiger charge is 2.41. The molecule has 0 amide bonds. The van der Waals surface area contributed by atoms with Crippen LogP contribution in [-0.4, -0.2) is 8.07 Å². The van der Waals surface area contributed by atoms with Gasteiger partial charge in [-0.1, -0.05) is 53.4 Å². The summed E-state index contributed by atoms with van der Waals surface area (Å²) < 4.78 is 0. The lowest BCUT2D eigenvalue weighted by Crippen LogP contribution is -2.43. The molecule has 0 spiro atoms. The second kappa shape index (κ2) is 7.01. The average Bonchev–Trinajstić information content (AvgIpc) is 2.37. The summed E-state index contributed by atoms with van der Waals surface area (Å²) >= 11 is 0. The molecule has 112 valence electrons. The lowest BCUT2D eigenvalue weighted by Gasteiger charge is -2.38. The molecule has 0 N–H and O–H groups in total. The number of aryl methyl sites for hydroxylation is 1. The van der Waals surface area contributed by atoms with Crippen LogP contribution in [0.4, 0.5) is 0 Å². The number of hydrogen-bond donors (Lipinski definition) is 0. The lowest BCUT2D eigenvalue weighted by atomic mass is 10.1. The van der Waals surface area contributed by atoms with Gasteiger partial charge in [0.05, 0.1) is 0 Å². The van der Waals surface area contributed by atoms with Gasteiger partial charge in [0.25, 0.3) is 0 Å². The minimum absolute atomic E-state index is 0.655. The van der Waals surface area contributed by atoms with Gasteiger partial charge in [0.15, 0.2) is 0 Å². The molecule has 0 unspecified atom stereocenters. The highest BCUT2D eigenvalue weighted by atomic mass is 28.3. The smallest absolute Gasteiger partial charge is 0.125 e. The summed E-state index contributed by atoms with van der Waals surface area (Å²) in [5.74, 6) is 6.18. The fraction of sp³-hybridized carbons (Fsp3) is 0.500. The van der Waals surface area contributed by atoms with Gasteiger partial charge >= 0.3 is 0 Å². The Balaban J connectivity index is 3.36. The normalized spacial score (nSPS) is 11.5. The van der Waals surface area contributed by atoms with Crippen LogP contribution in [0.25, 0.3) is 0 Å². The number of rotatable bonds is 3. The first-order valence-corrected chi connectivity index (χ1v) is 10.1. The fourth-order valence-electron chi connectivity index (χ4n) is 3.55. The van der Waals surface area contributed by atoms with Gasteiger partial charge in [-0.2, -0.15) is 0 Å². The van der Waals surface area contributed by atoms with E-state index in [4.69, 9.17) is 6.42 Å². The highest BCUT2D eigenvalue weighted by Crippen LogP contribution is 2.40. The van der Waals surface area contributed by atoms with Crippen LogP contribution in [0.2, 0.25) is 16.6 Å². The predicted molar refractivity (Wildman–Crippen MR) is 97.0 cm³/mol. The van der Waals surface area contributed by atoms with Crippen molar-refractivity contribution in [2.24, 2.45) is 0 Å². The topological polar surface area (TPSA) is 0 Å². The van der Waals surface area contributed by atoms with Crippen LogP contribution in [0, 0.1) is 30.7 Å². The van der Waals surface area contributed by atoms with E-state index in [2.05, 4.69) is 71.9 Å². The first-order valence-electron chi connectivity index (χ1n) is 7.85. The van der Waals surface area contributed by atoms with Crippen LogP contribution in [-0.2, 0) is 0 Å². The number of terminal acetylenes is 1. The van der Waals surface area contributed by atoms with Gasteiger partial charge in [-0.05, 0) is 47.3 Å². The molecule has 0 bridgehead atoms. The first-order chi connectivity index (χ1) is 9.73. The highest BCUT2D eigenvalue weighted by molar-refractivity contribution is 6.90. The van der Waals surface area contributed by atoms with Crippen molar-refractivity contribution in [2.45, 2.75) is 65.1 Å².